The summed E-state index contributed by atoms with van der Waals surface area (Å²) in [5.74, 6) is 0. The van der Waals surface area contributed by atoms with Crippen molar-refractivity contribution in [2.75, 3.05) is 19.6 Å². The van der Waals surface area contributed by atoms with Crippen LogP contribution >= 0.6 is 11.3 Å². The molecule has 3 nitrogen and oxygen atoms in total. The van der Waals surface area contributed by atoms with Gasteiger partial charge in [-0.2, -0.15) is 0 Å². The number of nitrogens with zero attached hydrogens (tertiary/aromatic N) is 2. The summed E-state index contributed by atoms with van der Waals surface area (Å²) in [6.07, 6.45) is 1.18. The summed E-state index contributed by atoms with van der Waals surface area (Å²) >= 11 is 1.88. The van der Waals surface area contributed by atoms with Crippen molar-refractivity contribution in [1.29, 1.82) is 0 Å². The topological polar surface area (TPSA) is 28.2 Å². The maximum atomic E-state index is 4.93. The third-order valence-corrected chi connectivity index (χ3v) is 4.46. The molecule has 1 heterocycles. The SMILES string of the molecule is CCCNCc1sc(CN(CC)CC)nc1C(C)(C)C. The average Bonchev–Trinajstić information content (AvgIpc) is 2.79. The first-order chi connectivity index (χ1) is 9.42. The quantitative estimate of drug-likeness (QED) is 0.740. The van der Waals surface area contributed by atoms with E-state index in [1.165, 1.54) is 22.0 Å². The Bertz CT molecular complexity index is 389. The molecule has 0 amide bonds. The molecular formula is C16H31N3S. The van der Waals surface area contributed by atoms with E-state index in [0.29, 0.717) is 0 Å². The molecule has 0 unspecified atom stereocenters. The highest BCUT2D eigenvalue weighted by Crippen LogP contribution is 2.30. The molecule has 1 rings (SSSR count). The van der Waals surface area contributed by atoms with E-state index in [2.05, 4.69) is 51.8 Å². The summed E-state index contributed by atoms with van der Waals surface area (Å²) < 4.78 is 0. The lowest BCUT2D eigenvalue weighted by atomic mass is 9.91. The Kier molecular flexibility index (Phi) is 7.13. The molecular weight excluding hydrogens is 266 g/mol. The molecule has 20 heavy (non-hydrogen) atoms. The van der Waals surface area contributed by atoms with Crippen LogP contribution in [0.1, 0.15) is 63.5 Å². The summed E-state index contributed by atoms with van der Waals surface area (Å²) in [5, 5.41) is 4.77. The summed E-state index contributed by atoms with van der Waals surface area (Å²) in [5.41, 5.74) is 1.40. The number of rotatable bonds is 8. The summed E-state index contributed by atoms with van der Waals surface area (Å²) in [6, 6.07) is 0. The van der Waals surface area contributed by atoms with Crippen LogP contribution in [0, 0.1) is 0 Å². The molecule has 4 heteroatoms. The van der Waals surface area contributed by atoms with E-state index in [4.69, 9.17) is 4.98 Å². The van der Waals surface area contributed by atoms with Gasteiger partial charge in [0.1, 0.15) is 5.01 Å². The second-order valence-corrected chi connectivity index (χ2v) is 7.44. The smallest absolute Gasteiger partial charge is 0.107 e. The van der Waals surface area contributed by atoms with Gasteiger partial charge in [-0.3, -0.25) is 4.90 Å². The third-order valence-electron chi connectivity index (χ3n) is 3.42. The van der Waals surface area contributed by atoms with Gasteiger partial charge in [-0.25, -0.2) is 4.98 Å². The molecule has 0 bridgehead atoms. The molecule has 0 spiro atoms. The highest BCUT2D eigenvalue weighted by atomic mass is 32.1. The van der Waals surface area contributed by atoms with Crippen LogP contribution in [0.15, 0.2) is 0 Å². The van der Waals surface area contributed by atoms with Crippen LogP contribution in [0.3, 0.4) is 0 Å². The van der Waals surface area contributed by atoms with Crippen LogP contribution in [0.2, 0.25) is 0 Å². The second-order valence-electron chi connectivity index (χ2n) is 6.27. The van der Waals surface area contributed by atoms with Crippen LogP contribution in [-0.4, -0.2) is 29.5 Å². The van der Waals surface area contributed by atoms with Crippen LogP contribution in [0.4, 0.5) is 0 Å². The number of aromatic nitrogens is 1. The Balaban J connectivity index is 2.87. The lowest BCUT2D eigenvalue weighted by Gasteiger charge is -2.18. The normalized spacial score (nSPS) is 12.3. The number of hydrogen-bond donors (Lipinski definition) is 1. The monoisotopic (exact) mass is 297 g/mol. The molecule has 116 valence electrons. The van der Waals surface area contributed by atoms with Gasteiger partial charge in [-0.15, -0.1) is 11.3 Å². The van der Waals surface area contributed by atoms with Crippen molar-refractivity contribution in [1.82, 2.24) is 15.2 Å². The van der Waals surface area contributed by atoms with Crippen LogP contribution in [-0.2, 0) is 18.5 Å². The van der Waals surface area contributed by atoms with Gasteiger partial charge in [-0.1, -0.05) is 41.5 Å². The lowest BCUT2D eigenvalue weighted by Crippen LogP contribution is -2.22. The third kappa shape index (κ3) is 5.15. The largest absolute Gasteiger partial charge is 0.312 e. The fourth-order valence-corrected chi connectivity index (χ4v) is 3.48. The van der Waals surface area contributed by atoms with Crippen molar-refractivity contribution in [2.45, 2.75) is 66.5 Å². The minimum absolute atomic E-state index is 0.126. The van der Waals surface area contributed by atoms with Gasteiger partial charge < -0.3 is 5.32 Å². The first-order valence-corrected chi connectivity index (χ1v) is 8.66. The van der Waals surface area contributed by atoms with Crippen LogP contribution < -0.4 is 5.32 Å². The molecule has 0 aliphatic heterocycles. The van der Waals surface area contributed by atoms with Crippen molar-refractivity contribution < 1.29 is 0 Å². The predicted molar refractivity (Wildman–Crippen MR) is 89.4 cm³/mol. The summed E-state index contributed by atoms with van der Waals surface area (Å²) in [6.45, 7) is 18.6. The first-order valence-electron chi connectivity index (χ1n) is 7.84. The molecule has 0 atom stereocenters. The Morgan fingerprint density at radius 3 is 2.30 bits per heavy atom. The first kappa shape index (κ1) is 17.6. The van der Waals surface area contributed by atoms with Crippen molar-refractivity contribution in [3.05, 3.63) is 15.6 Å². The van der Waals surface area contributed by atoms with E-state index >= 15 is 0 Å². The van der Waals surface area contributed by atoms with Crippen LogP contribution in [0.5, 0.6) is 0 Å². The number of thiazole rings is 1. The number of hydrogen-bond acceptors (Lipinski definition) is 4. The predicted octanol–water partition coefficient (Wildman–Crippen LogP) is 3.78. The van der Waals surface area contributed by atoms with Crippen LogP contribution in [0.25, 0.3) is 0 Å². The zero-order chi connectivity index (χ0) is 15.2. The van der Waals surface area contributed by atoms with E-state index in [9.17, 15) is 0 Å². The van der Waals surface area contributed by atoms with E-state index in [-0.39, 0.29) is 5.41 Å². The maximum absolute atomic E-state index is 4.93. The Morgan fingerprint density at radius 1 is 1.15 bits per heavy atom. The molecule has 1 aromatic heterocycles. The second kappa shape index (κ2) is 8.11. The van der Waals surface area contributed by atoms with Crippen molar-refractivity contribution in [2.24, 2.45) is 0 Å². The van der Waals surface area contributed by atoms with Gasteiger partial charge in [0.25, 0.3) is 0 Å². The Hall–Kier alpha value is -0.450. The minimum atomic E-state index is 0.126. The molecule has 0 radical (unpaired) electrons. The zero-order valence-corrected chi connectivity index (χ0v) is 14.9. The fourth-order valence-electron chi connectivity index (χ4n) is 2.19. The maximum Gasteiger partial charge on any atom is 0.107 e. The molecule has 0 fully saturated rings. The standard InChI is InChI=1S/C16H31N3S/c1-7-10-17-11-13-15(16(4,5)6)18-14(20-13)12-19(8-2)9-3/h17H,7-12H2,1-6H3. The van der Waals surface area contributed by atoms with Crippen molar-refractivity contribution >= 4 is 11.3 Å². The molecule has 0 saturated carbocycles. The summed E-state index contributed by atoms with van der Waals surface area (Å²) in [7, 11) is 0. The fraction of sp³-hybridized carbons (Fsp3) is 0.812. The Morgan fingerprint density at radius 2 is 1.80 bits per heavy atom. The summed E-state index contributed by atoms with van der Waals surface area (Å²) in [4.78, 5) is 8.77. The molecule has 1 aromatic rings. The van der Waals surface area contributed by atoms with Gasteiger partial charge in [0.2, 0.25) is 0 Å². The van der Waals surface area contributed by atoms with E-state index in [0.717, 1.165) is 32.7 Å². The van der Waals surface area contributed by atoms with Gasteiger partial charge in [0.05, 0.1) is 12.2 Å². The van der Waals surface area contributed by atoms with E-state index in [1.807, 2.05) is 11.3 Å². The highest BCUT2D eigenvalue weighted by Gasteiger charge is 2.23. The van der Waals surface area contributed by atoms with Gasteiger partial charge in [0.15, 0.2) is 0 Å². The molecule has 1 N–H and O–H groups in total. The molecule has 0 saturated heterocycles. The number of nitrogens with one attached hydrogen (secondary N) is 1. The molecule has 0 aliphatic rings. The Labute approximate surface area is 128 Å². The highest BCUT2D eigenvalue weighted by molar-refractivity contribution is 7.11. The van der Waals surface area contributed by atoms with Gasteiger partial charge >= 0.3 is 0 Å². The molecule has 0 aromatic carbocycles. The van der Waals surface area contributed by atoms with Crippen molar-refractivity contribution in [3.63, 3.8) is 0 Å². The lowest BCUT2D eigenvalue weighted by molar-refractivity contribution is 0.295. The van der Waals surface area contributed by atoms with Gasteiger partial charge in [-0.05, 0) is 26.1 Å². The van der Waals surface area contributed by atoms with Gasteiger partial charge in [0, 0.05) is 16.8 Å². The van der Waals surface area contributed by atoms with Crippen molar-refractivity contribution in [3.8, 4) is 0 Å². The minimum Gasteiger partial charge on any atom is -0.312 e. The zero-order valence-electron chi connectivity index (χ0n) is 14.0. The molecule has 0 aliphatic carbocycles. The van der Waals surface area contributed by atoms with E-state index in [1.54, 1.807) is 0 Å². The van der Waals surface area contributed by atoms with E-state index < -0.39 is 0 Å². The average molecular weight is 298 g/mol.